The summed E-state index contributed by atoms with van der Waals surface area (Å²) in [6.07, 6.45) is 7.27. The minimum atomic E-state index is -3.64. The molecule has 2 aromatic carbocycles. The number of piperidine rings is 2. The van der Waals surface area contributed by atoms with E-state index < -0.39 is 59.8 Å². The molecule has 4 N–H and O–H groups in total. The molecule has 1 aromatic heterocycles. The van der Waals surface area contributed by atoms with Crippen LogP contribution in [0.3, 0.4) is 0 Å². The number of nitrogens with one attached hydrogen (secondary N) is 4. The van der Waals surface area contributed by atoms with Crippen molar-refractivity contribution in [3.8, 4) is 5.75 Å². The van der Waals surface area contributed by atoms with E-state index in [1.54, 1.807) is 18.2 Å². The molecule has 5 heterocycles. The summed E-state index contributed by atoms with van der Waals surface area (Å²) in [4.78, 5) is 90.8. The predicted octanol–water partition coefficient (Wildman–Crippen LogP) is 4.23. The molecule has 8 rings (SSSR count). The minimum Gasteiger partial charge on any atom is -0.495 e. The molecule has 18 nitrogen and oxygen atoms in total. The minimum absolute atomic E-state index is 0.0288. The summed E-state index contributed by atoms with van der Waals surface area (Å²) in [6.45, 7) is 2.91. The van der Waals surface area contributed by atoms with E-state index in [1.807, 2.05) is 0 Å². The number of alkyl halides is 2. The Labute approximate surface area is 378 Å². The number of hydrogen-bond donors (Lipinski definition) is 4. The Morgan fingerprint density at radius 1 is 0.970 bits per heavy atom. The molecular formula is C45H53F3N10O8. The molecule has 2 saturated heterocycles. The first-order valence-electron chi connectivity index (χ1n) is 22.4. The Balaban J connectivity index is 0.765. The molecule has 1 unspecified atom stereocenters. The van der Waals surface area contributed by atoms with Crippen LogP contribution in [0.4, 0.5) is 42.0 Å². The molecule has 0 spiro atoms. The van der Waals surface area contributed by atoms with Crippen LogP contribution in [0.15, 0.2) is 36.5 Å². The lowest BCUT2D eigenvalue weighted by molar-refractivity contribution is -0.140. The van der Waals surface area contributed by atoms with Gasteiger partial charge < -0.3 is 40.1 Å². The summed E-state index contributed by atoms with van der Waals surface area (Å²) >= 11 is 0. The van der Waals surface area contributed by atoms with E-state index >= 15 is 13.2 Å². The van der Waals surface area contributed by atoms with Crippen molar-refractivity contribution in [1.29, 1.82) is 0 Å². The zero-order valence-corrected chi connectivity index (χ0v) is 36.8. The Bertz CT molecular complexity index is 2390. The van der Waals surface area contributed by atoms with Crippen molar-refractivity contribution >= 4 is 64.3 Å². The molecular weight excluding hydrogens is 866 g/mol. The maximum Gasteiger partial charge on any atom is 0.342 e. The summed E-state index contributed by atoms with van der Waals surface area (Å²) in [7, 11) is 2.63. The fourth-order valence-electron chi connectivity index (χ4n) is 9.33. The van der Waals surface area contributed by atoms with Gasteiger partial charge >= 0.3 is 5.92 Å². The zero-order chi connectivity index (χ0) is 46.7. The molecule has 0 bridgehead atoms. The van der Waals surface area contributed by atoms with Gasteiger partial charge in [-0.05, 0) is 63.1 Å². The second kappa shape index (κ2) is 19.6. The van der Waals surface area contributed by atoms with Crippen molar-refractivity contribution in [2.24, 2.45) is 0 Å². The third-order valence-corrected chi connectivity index (χ3v) is 12.9. The van der Waals surface area contributed by atoms with E-state index in [-0.39, 0.29) is 70.5 Å². The second-order valence-corrected chi connectivity index (χ2v) is 17.2. The predicted molar refractivity (Wildman–Crippen MR) is 235 cm³/mol. The van der Waals surface area contributed by atoms with Gasteiger partial charge in [-0.1, -0.05) is 18.9 Å². The van der Waals surface area contributed by atoms with E-state index in [0.29, 0.717) is 57.6 Å². The van der Waals surface area contributed by atoms with Crippen molar-refractivity contribution in [2.75, 3.05) is 80.5 Å². The molecule has 66 heavy (non-hydrogen) atoms. The quantitative estimate of drug-likeness (QED) is 0.117. The van der Waals surface area contributed by atoms with Crippen molar-refractivity contribution in [3.63, 3.8) is 0 Å². The van der Waals surface area contributed by atoms with E-state index in [0.717, 1.165) is 54.8 Å². The number of hydrogen-bond acceptors (Lipinski definition) is 14. The highest BCUT2D eigenvalue weighted by atomic mass is 19.3. The summed E-state index contributed by atoms with van der Waals surface area (Å²) in [5, 5.41) is 11.3. The first kappa shape index (κ1) is 46.2. The average molecular weight is 919 g/mol. The first-order valence-corrected chi connectivity index (χ1v) is 22.4. The van der Waals surface area contributed by atoms with Gasteiger partial charge in [0.05, 0.1) is 42.2 Å². The summed E-state index contributed by atoms with van der Waals surface area (Å²) in [6, 6.07) is 5.88. The van der Waals surface area contributed by atoms with E-state index in [1.165, 1.54) is 31.3 Å². The Hall–Kier alpha value is -6.35. The van der Waals surface area contributed by atoms with Crippen LogP contribution < -0.4 is 35.8 Å². The summed E-state index contributed by atoms with van der Waals surface area (Å²) < 4.78 is 57.1. The van der Waals surface area contributed by atoms with Gasteiger partial charge in [0.2, 0.25) is 17.8 Å². The maximum absolute atomic E-state index is 15.6. The number of ether oxygens (including phenoxy) is 2. The molecule has 4 aliphatic heterocycles. The smallest absolute Gasteiger partial charge is 0.342 e. The summed E-state index contributed by atoms with van der Waals surface area (Å²) in [5.41, 5.74) is 0.954. The molecule has 0 radical (unpaired) electrons. The second-order valence-electron chi connectivity index (χ2n) is 17.2. The van der Waals surface area contributed by atoms with Crippen LogP contribution in [0.1, 0.15) is 95.3 Å². The molecule has 1 aliphatic carbocycles. The Morgan fingerprint density at radius 3 is 2.47 bits per heavy atom. The van der Waals surface area contributed by atoms with E-state index in [2.05, 4.69) is 36.1 Å². The monoisotopic (exact) mass is 918 g/mol. The van der Waals surface area contributed by atoms with Gasteiger partial charge in [0.15, 0.2) is 5.82 Å². The third kappa shape index (κ3) is 9.62. The molecule has 1 atom stereocenters. The van der Waals surface area contributed by atoms with Crippen LogP contribution >= 0.6 is 0 Å². The Morgan fingerprint density at radius 2 is 1.73 bits per heavy atom. The van der Waals surface area contributed by atoms with Crippen LogP contribution in [0.2, 0.25) is 0 Å². The number of methoxy groups -OCH3 is 1. The van der Waals surface area contributed by atoms with Crippen LogP contribution in [-0.2, 0) is 19.1 Å². The Kier molecular flexibility index (Phi) is 13.7. The fraction of sp³-hybridized carbons (Fsp3) is 0.511. The number of likely N-dealkylation sites (tertiary alicyclic amines) is 1. The van der Waals surface area contributed by atoms with Crippen LogP contribution in [0, 0.1) is 5.82 Å². The highest BCUT2D eigenvalue weighted by Gasteiger charge is 2.49. The van der Waals surface area contributed by atoms with Crippen molar-refractivity contribution in [2.45, 2.75) is 88.3 Å². The molecule has 352 valence electrons. The van der Waals surface area contributed by atoms with Crippen LogP contribution in [0.5, 0.6) is 5.75 Å². The van der Waals surface area contributed by atoms with Crippen molar-refractivity contribution in [3.05, 3.63) is 59.0 Å². The lowest BCUT2D eigenvalue weighted by Crippen LogP contribution is -2.54. The highest BCUT2D eigenvalue weighted by Crippen LogP contribution is 2.40. The lowest BCUT2D eigenvalue weighted by Gasteiger charge is -2.32. The van der Waals surface area contributed by atoms with Gasteiger partial charge in [0.1, 0.15) is 23.3 Å². The van der Waals surface area contributed by atoms with E-state index in [4.69, 9.17) is 9.47 Å². The number of anilines is 5. The van der Waals surface area contributed by atoms with Gasteiger partial charge in [0, 0.05) is 76.7 Å². The number of amides is 6. The standard InChI is InChI=1S/C45H53F3N10O8/c1-55-34-24-50-44(54-38(34)57(27-8-3-4-9-27)25-45(47,48)43(55)64)52-32-23-30(46)29(22-35(32)65-2)39(60)51-26-14-18-56(19-15-26)17-7-21-66-20-6-16-49-31-11-5-10-28-37(31)42(63)58(41(28)62)33-12-13-36(59)53-40(33)61/h5,10-11,22-24,26-27,33,49H,3-4,6-9,12-21,25H2,1-2H3,(H,51,60)(H,50,52,54)(H,53,59,61). The number of halogens is 3. The maximum atomic E-state index is 15.6. The average Bonchev–Trinajstić information content (AvgIpc) is 3.91. The normalized spacial score (nSPS) is 20.3. The van der Waals surface area contributed by atoms with E-state index in [9.17, 15) is 28.8 Å². The SMILES string of the molecule is COc1cc(C(=O)NC2CCN(CCCOCCCNc3cccc4c3C(=O)N(C3CCC(=O)NC3=O)C4=O)CC2)c(F)cc1Nc1ncc2c(n1)N(C1CCCC1)CC(F)(F)C(=O)N2C. The van der Waals surface area contributed by atoms with Gasteiger partial charge in [-0.15, -0.1) is 0 Å². The third-order valence-electron chi connectivity index (χ3n) is 12.9. The largest absolute Gasteiger partial charge is 0.495 e. The molecule has 6 amide bonds. The molecule has 5 aliphatic rings. The van der Waals surface area contributed by atoms with Crippen LogP contribution in [-0.4, -0.2) is 139 Å². The van der Waals surface area contributed by atoms with Crippen molar-refractivity contribution in [1.82, 2.24) is 30.4 Å². The first-order chi connectivity index (χ1) is 31.7. The molecule has 3 aromatic rings. The number of benzene rings is 2. The topological polar surface area (TPSA) is 208 Å². The van der Waals surface area contributed by atoms with Gasteiger partial charge in [-0.2, -0.15) is 13.8 Å². The van der Waals surface area contributed by atoms with Gasteiger partial charge in [-0.25, -0.2) is 9.37 Å². The highest BCUT2D eigenvalue weighted by molar-refractivity contribution is 6.25. The number of carbonyl (C=O) groups excluding carboxylic acids is 6. The lowest BCUT2D eigenvalue weighted by atomic mass is 10.0. The van der Waals surface area contributed by atoms with Gasteiger partial charge in [0.25, 0.3) is 23.6 Å². The van der Waals surface area contributed by atoms with Crippen molar-refractivity contribution < 1.29 is 51.4 Å². The number of imide groups is 2. The van der Waals surface area contributed by atoms with Gasteiger partial charge in [-0.3, -0.25) is 39.0 Å². The zero-order valence-electron chi connectivity index (χ0n) is 36.8. The molecule has 1 saturated carbocycles. The number of aromatic nitrogens is 2. The molecule has 21 heteroatoms. The number of fused-ring (bicyclic) bond motifs is 2. The summed E-state index contributed by atoms with van der Waals surface area (Å²) in [5.74, 6) is -8.33. The van der Waals surface area contributed by atoms with Crippen LogP contribution in [0.25, 0.3) is 0 Å². The number of carbonyl (C=O) groups is 6. The number of rotatable bonds is 16. The number of nitrogens with zero attached hydrogens (tertiary/aromatic N) is 6. The fourth-order valence-corrected chi connectivity index (χ4v) is 9.33. The molecule has 3 fully saturated rings.